The third kappa shape index (κ3) is 10.2. The maximum Gasteiger partial charge on any atom is 0.157 e. The van der Waals surface area contributed by atoms with Gasteiger partial charge in [0.25, 0.3) is 0 Å². The Morgan fingerprint density at radius 3 is 2.15 bits per heavy atom. The molecule has 0 spiro atoms. The van der Waals surface area contributed by atoms with E-state index >= 15 is 0 Å². The first kappa shape index (κ1) is 17.5. The molecule has 1 unspecified atom stereocenters. The fourth-order valence-electron chi connectivity index (χ4n) is 2.60. The number of hydrogen-bond donors (Lipinski definition) is 0. The molecule has 3 heteroatoms. The van der Waals surface area contributed by atoms with Crippen molar-refractivity contribution in [3.8, 4) is 6.07 Å². The average molecular weight is 281 g/mol. The highest BCUT2D eigenvalue weighted by Crippen LogP contribution is 2.15. The minimum absolute atomic E-state index is 0.0807. The van der Waals surface area contributed by atoms with E-state index in [0.29, 0.717) is 0 Å². The first-order valence-electron chi connectivity index (χ1n) is 8.53. The van der Waals surface area contributed by atoms with Crippen LogP contribution in [0.25, 0.3) is 0 Å². The highest BCUT2D eigenvalue weighted by Gasteiger charge is 2.13. The number of nitriles is 1. The van der Waals surface area contributed by atoms with Gasteiger partial charge in [-0.1, -0.05) is 44.9 Å². The minimum atomic E-state index is 0.0807. The summed E-state index contributed by atoms with van der Waals surface area (Å²) >= 11 is 0. The first-order valence-corrected chi connectivity index (χ1v) is 8.53. The molecule has 1 rings (SSSR count). The van der Waals surface area contributed by atoms with E-state index in [1.54, 1.807) is 0 Å². The second-order valence-corrected chi connectivity index (χ2v) is 5.76. The summed E-state index contributed by atoms with van der Waals surface area (Å²) in [5.74, 6) is 0. The van der Waals surface area contributed by atoms with Gasteiger partial charge in [0.15, 0.2) is 6.29 Å². The molecule has 0 saturated carbocycles. The van der Waals surface area contributed by atoms with Crippen LogP contribution in [0.15, 0.2) is 0 Å². The summed E-state index contributed by atoms with van der Waals surface area (Å²) in [6.07, 6.45) is 15.7. The summed E-state index contributed by atoms with van der Waals surface area (Å²) in [5.41, 5.74) is 0. The van der Waals surface area contributed by atoms with E-state index in [9.17, 15) is 0 Å². The largest absolute Gasteiger partial charge is 0.353 e. The third-order valence-corrected chi connectivity index (χ3v) is 3.87. The highest BCUT2D eigenvalue weighted by atomic mass is 16.7. The fraction of sp³-hybridized carbons (Fsp3) is 0.941. The molecule has 1 fully saturated rings. The Bertz CT molecular complexity index is 244. The summed E-state index contributed by atoms with van der Waals surface area (Å²) in [6.45, 7) is 1.73. The standard InChI is InChI=1S/C17H31NO2/c18-14-10-7-5-3-1-2-4-6-8-11-15-19-17-13-9-12-16-20-17/h17H,1-13,15-16H2. The Balaban J connectivity index is 1.71. The molecule has 0 N–H and O–H groups in total. The van der Waals surface area contributed by atoms with Crippen molar-refractivity contribution in [3.05, 3.63) is 0 Å². The van der Waals surface area contributed by atoms with Gasteiger partial charge in [0, 0.05) is 19.6 Å². The van der Waals surface area contributed by atoms with Gasteiger partial charge in [-0.15, -0.1) is 0 Å². The zero-order valence-corrected chi connectivity index (χ0v) is 12.9. The molecule has 1 heterocycles. The quantitative estimate of drug-likeness (QED) is 0.475. The number of rotatable bonds is 12. The summed E-state index contributed by atoms with van der Waals surface area (Å²) in [6, 6.07) is 2.20. The first-order chi connectivity index (χ1) is 9.93. The van der Waals surface area contributed by atoms with Crippen LogP contribution in [-0.4, -0.2) is 19.5 Å². The van der Waals surface area contributed by atoms with Crippen molar-refractivity contribution in [3.63, 3.8) is 0 Å². The smallest absolute Gasteiger partial charge is 0.157 e. The molecule has 0 bridgehead atoms. The Morgan fingerprint density at radius 2 is 1.55 bits per heavy atom. The predicted molar refractivity (Wildman–Crippen MR) is 81.3 cm³/mol. The van der Waals surface area contributed by atoms with Gasteiger partial charge in [-0.25, -0.2) is 0 Å². The number of nitrogens with zero attached hydrogens (tertiary/aromatic N) is 1. The molecule has 0 aromatic carbocycles. The fourth-order valence-corrected chi connectivity index (χ4v) is 2.60. The zero-order valence-electron chi connectivity index (χ0n) is 12.9. The SMILES string of the molecule is N#CCCCCCCCCCCCOC1CCCCO1. The molecule has 1 aliphatic rings. The molecule has 1 atom stereocenters. The molecule has 116 valence electrons. The normalized spacial score (nSPS) is 18.9. The summed E-state index contributed by atoms with van der Waals surface area (Å²) < 4.78 is 11.3. The molecule has 0 aliphatic carbocycles. The van der Waals surface area contributed by atoms with Crippen molar-refractivity contribution in [2.75, 3.05) is 13.2 Å². The lowest BCUT2D eigenvalue weighted by Gasteiger charge is -2.22. The van der Waals surface area contributed by atoms with E-state index < -0.39 is 0 Å². The van der Waals surface area contributed by atoms with Crippen LogP contribution < -0.4 is 0 Å². The van der Waals surface area contributed by atoms with Crippen molar-refractivity contribution in [1.82, 2.24) is 0 Å². The van der Waals surface area contributed by atoms with Crippen LogP contribution in [-0.2, 0) is 9.47 Å². The van der Waals surface area contributed by atoms with Gasteiger partial charge in [0.1, 0.15) is 0 Å². The van der Waals surface area contributed by atoms with Gasteiger partial charge in [0.05, 0.1) is 6.07 Å². The number of unbranched alkanes of at least 4 members (excludes halogenated alkanes) is 9. The second kappa shape index (κ2) is 13.4. The van der Waals surface area contributed by atoms with Gasteiger partial charge >= 0.3 is 0 Å². The lowest BCUT2D eigenvalue weighted by molar-refractivity contribution is -0.162. The summed E-state index contributed by atoms with van der Waals surface area (Å²) in [7, 11) is 0. The predicted octanol–water partition coefficient (Wildman–Crippen LogP) is 4.95. The van der Waals surface area contributed by atoms with E-state index in [0.717, 1.165) is 32.5 Å². The molecular formula is C17H31NO2. The lowest BCUT2D eigenvalue weighted by Crippen LogP contribution is -2.22. The van der Waals surface area contributed by atoms with E-state index in [1.165, 1.54) is 64.2 Å². The van der Waals surface area contributed by atoms with Gasteiger partial charge in [0.2, 0.25) is 0 Å². The van der Waals surface area contributed by atoms with Gasteiger partial charge in [-0.05, 0) is 32.1 Å². The summed E-state index contributed by atoms with van der Waals surface area (Å²) in [4.78, 5) is 0. The van der Waals surface area contributed by atoms with Gasteiger partial charge in [-0.3, -0.25) is 0 Å². The maximum atomic E-state index is 8.42. The number of ether oxygens (including phenoxy) is 2. The lowest BCUT2D eigenvalue weighted by atomic mass is 10.1. The molecule has 0 radical (unpaired) electrons. The van der Waals surface area contributed by atoms with Crippen molar-refractivity contribution >= 4 is 0 Å². The van der Waals surface area contributed by atoms with Crippen LogP contribution in [0.1, 0.15) is 83.5 Å². The van der Waals surface area contributed by atoms with Crippen LogP contribution in [0, 0.1) is 11.3 Å². The molecule has 0 aromatic heterocycles. The van der Waals surface area contributed by atoms with E-state index in [-0.39, 0.29) is 6.29 Å². The Kier molecular flexibility index (Phi) is 11.7. The minimum Gasteiger partial charge on any atom is -0.353 e. The topological polar surface area (TPSA) is 42.2 Å². The summed E-state index contributed by atoms with van der Waals surface area (Å²) in [5, 5.41) is 8.42. The van der Waals surface area contributed by atoms with Crippen molar-refractivity contribution in [2.24, 2.45) is 0 Å². The zero-order chi connectivity index (χ0) is 14.3. The van der Waals surface area contributed by atoms with Crippen molar-refractivity contribution in [2.45, 2.75) is 89.8 Å². The average Bonchev–Trinajstić information content (AvgIpc) is 2.49. The van der Waals surface area contributed by atoms with Crippen LogP contribution >= 0.6 is 0 Å². The van der Waals surface area contributed by atoms with Gasteiger partial charge < -0.3 is 9.47 Å². The second-order valence-electron chi connectivity index (χ2n) is 5.76. The van der Waals surface area contributed by atoms with Crippen molar-refractivity contribution in [1.29, 1.82) is 5.26 Å². The van der Waals surface area contributed by atoms with Gasteiger partial charge in [-0.2, -0.15) is 5.26 Å². The Hall–Kier alpha value is -0.590. The molecule has 1 saturated heterocycles. The maximum absolute atomic E-state index is 8.42. The molecule has 0 amide bonds. The molecule has 0 aromatic rings. The van der Waals surface area contributed by atoms with Crippen molar-refractivity contribution < 1.29 is 9.47 Å². The highest BCUT2D eigenvalue weighted by molar-refractivity contribution is 4.67. The molecule has 1 aliphatic heterocycles. The molecular weight excluding hydrogens is 250 g/mol. The molecule has 3 nitrogen and oxygen atoms in total. The monoisotopic (exact) mass is 281 g/mol. The van der Waals surface area contributed by atoms with Crippen LogP contribution in [0.5, 0.6) is 0 Å². The number of hydrogen-bond acceptors (Lipinski definition) is 3. The molecule has 20 heavy (non-hydrogen) atoms. The third-order valence-electron chi connectivity index (χ3n) is 3.87. The Labute approximate surface area is 124 Å². The Morgan fingerprint density at radius 1 is 0.900 bits per heavy atom. The van der Waals surface area contributed by atoms with E-state index in [1.807, 2.05) is 0 Å². The van der Waals surface area contributed by atoms with E-state index in [4.69, 9.17) is 14.7 Å². The van der Waals surface area contributed by atoms with Crippen LogP contribution in [0.4, 0.5) is 0 Å². The van der Waals surface area contributed by atoms with Crippen LogP contribution in [0.2, 0.25) is 0 Å². The van der Waals surface area contributed by atoms with E-state index in [2.05, 4.69) is 6.07 Å². The van der Waals surface area contributed by atoms with Crippen LogP contribution in [0.3, 0.4) is 0 Å².